The van der Waals surface area contributed by atoms with Gasteiger partial charge in [-0.1, -0.05) is 23.2 Å². The number of halogens is 2. The number of rotatable bonds is 3. The molecule has 138 valence electrons. The Labute approximate surface area is 164 Å². The first kappa shape index (κ1) is 18.1. The van der Waals surface area contributed by atoms with Gasteiger partial charge in [-0.25, -0.2) is 0 Å². The molecule has 1 aromatic carbocycles. The van der Waals surface area contributed by atoms with Gasteiger partial charge < -0.3 is 14.9 Å². The fraction of sp³-hybridized carbons (Fsp3) is 0.450. The number of anilines is 1. The summed E-state index contributed by atoms with van der Waals surface area (Å²) in [4.78, 5) is 8.75. The number of nitrogens with zero attached hydrogens (tertiary/aromatic N) is 3. The van der Waals surface area contributed by atoms with Gasteiger partial charge in [0, 0.05) is 36.6 Å². The van der Waals surface area contributed by atoms with Crippen molar-refractivity contribution in [3.05, 3.63) is 57.8 Å². The SMILES string of the molecule is CN1CCC2C(C1)c1cc(Cl)c(Cl)cc1N2CC(C)(O)c1ccncc1. The zero-order valence-electron chi connectivity index (χ0n) is 15.0. The van der Waals surface area contributed by atoms with E-state index in [0.29, 0.717) is 28.5 Å². The van der Waals surface area contributed by atoms with Gasteiger partial charge in [0.25, 0.3) is 0 Å². The molecule has 1 saturated heterocycles. The van der Waals surface area contributed by atoms with Gasteiger partial charge in [-0.2, -0.15) is 0 Å². The Morgan fingerprint density at radius 2 is 1.92 bits per heavy atom. The van der Waals surface area contributed by atoms with Gasteiger partial charge in [-0.3, -0.25) is 4.98 Å². The van der Waals surface area contributed by atoms with Crippen molar-refractivity contribution in [1.29, 1.82) is 0 Å². The summed E-state index contributed by atoms with van der Waals surface area (Å²) in [7, 11) is 2.16. The smallest absolute Gasteiger partial charge is 0.104 e. The van der Waals surface area contributed by atoms with E-state index in [1.807, 2.05) is 31.2 Å². The Kier molecular flexibility index (Phi) is 4.64. The molecular formula is C20H23Cl2N3O. The first-order valence-corrected chi connectivity index (χ1v) is 9.69. The van der Waals surface area contributed by atoms with E-state index >= 15 is 0 Å². The molecule has 4 nitrogen and oxygen atoms in total. The molecule has 0 aliphatic carbocycles. The lowest BCUT2D eigenvalue weighted by Gasteiger charge is -2.40. The number of hydrogen-bond donors (Lipinski definition) is 1. The molecule has 2 aliphatic rings. The summed E-state index contributed by atoms with van der Waals surface area (Å²) in [6, 6.07) is 8.07. The number of benzene rings is 1. The van der Waals surface area contributed by atoms with Gasteiger partial charge in [0.2, 0.25) is 0 Å². The zero-order chi connectivity index (χ0) is 18.5. The average molecular weight is 392 g/mol. The minimum atomic E-state index is -0.982. The molecule has 4 rings (SSSR count). The summed E-state index contributed by atoms with van der Waals surface area (Å²) >= 11 is 12.6. The van der Waals surface area contributed by atoms with Crippen LogP contribution in [-0.4, -0.2) is 47.7 Å². The summed E-state index contributed by atoms with van der Waals surface area (Å²) in [5.74, 6) is 0.381. The monoisotopic (exact) mass is 391 g/mol. The number of pyridine rings is 1. The molecule has 26 heavy (non-hydrogen) atoms. The van der Waals surface area contributed by atoms with Crippen molar-refractivity contribution >= 4 is 28.9 Å². The third kappa shape index (κ3) is 3.09. The van der Waals surface area contributed by atoms with Crippen molar-refractivity contribution in [1.82, 2.24) is 9.88 Å². The standard InChI is InChI=1S/C20H23Cl2N3O/c1-20(26,13-3-6-23-7-4-13)12-25-18-5-8-24(2)11-15(18)14-9-16(21)17(22)10-19(14)25/h3-4,6-7,9-10,15,18,26H,5,8,11-12H2,1-2H3. The number of likely N-dealkylation sites (tertiary alicyclic amines) is 1. The number of aromatic nitrogens is 1. The van der Waals surface area contributed by atoms with E-state index in [2.05, 4.69) is 21.8 Å². The van der Waals surface area contributed by atoms with Crippen molar-refractivity contribution in [2.24, 2.45) is 0 Å². The second-order valence-corrected chi connectivity index (χ2v) is 8.50. The highest BCUT2D eigenvalue weighted by Gasteiger charge is 2.43. The molecule has 0 spiro atoms. The highest BCUT2D eigenvalue weighted by molar-refractivity contribution is 6.42. The highest BCUT2D eigenvalue weighted by Crippen LogP contribution is 2.48. The predicted octanol–water partition coefficient (Wildman–Crippen LogP) is 3.90. The van der Waals surface area contributed by atoms with Gasteiger partial charge in [-0.15, -0.1) is 0 Å². The number of hydrogen-bond acceptors (Lipinski definition) is 4. The highest BCUT2D eigenvalue weighted by atomic mass is 35.5. The minimum Gasteiger partial charge on any atom is -0.384 e. The van der Waals surface area contributed by atoms with Gasteiger partial charge in [0.15, 0.2) is 0 Å². The van der Waals surface area contributed by atoms with Crippen LogP contribution in [0.25, 0.3) is 0 Å². The van der Waals surface area contributed by atoms with Gasteiger partial charge in [-0.05, 0) is 62.3 Å². The summed E-state index contributed by atoms with van der Waals surface area (Å²) in [6.45, 7) is 4.41. The number of piperidine rings is 1. The van der Waals surface area contributed by atoms with Gasteiger partial charge >= 0.3 is 0 Å². The number of β-amino-alcohol motifs (C(OH)–C–C–N with tert-alkyl or cyclic N) is 1. The summed E-state index contributed by atoms with van der Waals surface area (Å²) in [5.41, 5.74) is 2.22. The van der Waals surface area contributed by atoms with Crippen molar-refractivity contribution < 1.29 is 5.11 Å². The van der Waals surface area contributed by atoms with Crippen LogP contribution in [0.15, 0.2) is 36.7 Å². The van der Waals surface area contributed by atoms with Crippen LogP contribution < -0.4 is 4.90 Å². The fourth-order valence-electron chi connectivity index (χ4n) is 4.39. The van der Waals surface area contributed by atoms with E-state index < -0.39 is 5.60 Å². The Hall–Kier alpha value is -1.33. The maximum absolute atomic E-state index is 11.2. The Balaban J connectivity index is 1.73. The van der Waals surface area contributed by atoms with E-state index in [9.17, 15) is 5.11 Å². The van der Waals surface area contributed by atoms with Crippen LogP contribution in [-0.2, 0) is 5.60 Å². The summed E-state index contributed by atoms with van der Waals surface area (Å²) in [5, 5.41) is 12.4. The summed E-state index contributed by atoms with van der Waals surface area (Å²) < 4.78 is 0. The zero-order valence-corrected chi connectivity index (χ0v) is 16.5. The second-order valence-electron chi connectivity index (χ2n) is 7.69. The Morgan fingerprint density at radius 1 is 1.23 bits per heavy atom. The lowest BCUT2D eigenvalue weighted by Crippen LogP contribution is -2.49. The summed E-state index contributed by atoms with van der Waals surface area (Å²) in [6.07, 6.45) is 4.49. The molecule has 3 heterocycles. The molecular weight excluding hydrogens is 369 g/mol. The maximum Gasteiger partial charge on any atom is 0.104 e. The molecule has 0 saturated carbocycles. The lowest BCUT2D eigenvalue weighted by molar-refractivity contribution is 0.0606. The van der Waals surface area contributed by atoms with E-state index in [-0.39, 0.29) is 0 Å². The van der Waals surface area contributed by atoms with Crippen molar-refractivity contribution in [2.75, 3.05) is 31.6 Å². The van der Waals surface area contributed by atoms with Gasteiger partial charge in [0.1, 0.15) is 5.60 Å². The van der Waals surface area contributed by atoms with Crippen LogP contribution in [0.5, 0.6) is 0 Å². The van der Waals surface area contributed by atoms with E-state index in [4.69, 9.17) is 23.2 Å². The molecule has 0 radical (unpaired) electrons. The Morgan fingerprint density at radius 3 is 2.65 bits per heavy atom. The lowest BCUT2D eigenvalue weighted by atomic mass is 9.89. The van der Waals surface area contributed by atoms with Gasteiger partial charge in [0.05, 0.1) is 16.6 Å². The van der Waals surface area contributed by atoms with E-state index in [1.54, 1.807) is 12.4 Å². The van der Waals surface area contributed by atoms with Crippen molar-refractivity contribution in [3.8, 4) is 0 Å². The number of fused-ring (bicyclic) bond motifs is 3. The maximum atomic E-state index is 11.2. The van der Waals surface area contributed by atoms with Crippen LogP contribution in [0, 0.1) is 0 Å². The molecule has 3 unspecified atom stereocenters. The molecule has 0 amide bonds. The number of likely N-dealkylation sites (N-methyl/N-ethyl adjacent to an activating group) is 1. The third-order valence-corrected chi connectivity index (χ3v) is 6.46. The van der Waals surface area contributed by atoms with Crippen LogP contribution >= 0.6 is 23.2 Å². The number of aliphatic hydroxyl groups is 1. The first-order chi connectivity index (χ1) is 12.4. The molecule has 1 fully saturated rings. The third-order valence-electron chi connectivity index (χ3n) is 5.74. The second kappa shape index (κ2) is 6.68. The minimum absolute atomic E-state index is 0.351. The van der Waals surface area contributed by atoms with Crippen LogP contribution in [0.4, 0.5) is 5.69 Å². The van der Waals surface area contributed by atoms with E-state index in [0.717, 1.165) is 30.8 Å². The molecule has 2 aliphatic heterocycles. The normalized spacial score (nSPS) is 24.9. The van der Waals surface area contributed by atoms with Crippen molar-refractivity contribution in [2.45, 2.75) is 30.9 Å². The van der Waals surface area contributed by atoms with Crippen LogP contribution in [0.1, 0.15) is 30.4 Å². The predicted molar refractivity (Wildman–Crippen MR) is 106 cm³/mol. The molecule has 3 atom stereocenters. The van der Waals surface area contributed by atoms with Crippen LogP contribution in [0.2, 0.25) is 10.0 Å². The van der Waals surface area contributed by atoms with E-state index in [1.165, 1.54) is 5.56 Å². The Bertz CT molecular complexity index is 812. The van der Waals surface area contributed by atoms with Crippen molar-refractivity contribution in [3.63, 3.8) is 0 Å². The molecule has 6 heteroatoms. The molecule has 1 N–H and O–H groups in total. The van der Waals surface area contributed by atoms with Crippen LogP contribution in [0.3, 0.4) is 0 Å². The molecule has 1 aromatic heterocycles. The average Bonchev–Trinajstić information content (AvgIpc) is 2.88. The quantitative estimate of drug-likeness (QED) is 0.860. The molecule has 0 bridgehead atoms. The molecule has 2 aromatic rings. The fourth-order valence-corrected chi connectivity index (χ4v) is 4.72. The largest absolute Gasteiger partial charge is 0.384 e. The topological polar surface area (TPSA) is 39.6 Å². The first-order valence-electron chi connectivity index (χ1n) is 8.94.